The molecular weight excluding hydrogens is 821 g/mol. The fourth-order valence-corrected chi connectivity index (χ4v) is 8.26. The molecule has 0 N–H and O–H groups in total. The Morgan fingerprint density at radius 3 is 0.969 bits per heavy atom. The van der Waals surface area contributed by atoms with E-state index in [4.69, 9.17) is 47.4 Å². The first kappa shape index (κ1) is 46.4. The molecule has 6 aromatic carbocycles. The second kappa shape index (κ2) is 24.4. The van der Waals surface area contributed by atoms with Gasteiger partial charge in [0, 0.05) is 7.11 Å². The Morgan fingerprint density at radius 1 is 0.323 bits per heavy atom. The topological polar surface area (TPSA) is 92.3 Å². The van der Waals surface area contributed by atoms with E-state index in [1.54, 1.807) is 7.11 Å². The molecule has 0 amide bonds. The van der Waals surface area contributed by atoms with Crippen molar-refractivity contribution in [2.24, 2.45) is 0 Å². The smallest absolute Gasteiger partial charge is 0.186 e. The van der Waals surface area contributed by atoms with Crippen molar-refractivity contribution in [1.29, 1.82) is 0 Å². The van der Waals surface area contributed by atoms with Crippen molar-refractivity contribution in [3.63, 3.8) is 0 Å². The minimum absolute atomic E-state index is 0.0411. The Kier molecular flexibility index (Phi) is 17.5. The van der Waals surface area contributed by atoms with Crippen LogP contribution >= 0.6 is 0 Å². The molecule has 0 radical (unpaired) electrons. The molecule has 65 heavy (non-hydrogen) atoms. The van der Waals surface area contributed by atoms with Crippen molar-refractivity contribution in [1.82, 2.24) is 0 Å². The third-order valence-electron chi connectivity index (χ3n) is 11.7. The molecule has 2 aliphatic heterocycles. The summed E-state index contributed by atoms with van der Waals surface area (Å²) in [5, 5.41) is 0. The molecule has 8 rings (SSSR count). The summed E-state index contributed by atoms with van der Waals surface area (Å²) in [7, 11) is 1.62. The predicted molar refractivity (Wildman–Crippen MR) is 246 cm³/mol. The number of rotatable bonds is 22. The van der Waals surface area contributed by atoms with Crippen LogP contribution in [0.25, 0.3) is 0 Å². The van der Waals surface area contributed by atoms with E-state index in [9.17, 15) is 0 Å². The van der Waals surface area contributed by atoms with Gasteiger partial charge in [-0.3, -0.25) is 0 Å². The molecule has 0 aromatic heterocycles. The fourth-order valence-electron chi connectivity index (χ4n) is 8.26. The zero-order chi connectivity index (χ0) is 44.5. The average Bonchev–Trinajstić information content (AvgIpc) is 3.36. The van der Waals surface area contributed by atoms with Crippen LogP contribution in [0.5, 0.6) is 0 Å². The second-order valence-electron chi connectivity index (χ2n) is 16.4. The molecule has 10 nitrogen and oxygen atoms in total. The first-order chi connectivity index (χ1) is 32.1. The lowest BCUT2D eigenvalue weighted by Gasteiger charge is -2.47. The molecule has 2 heterocycles. The molecule has 6 aromatic rings. The van der Waals surface area contributed by atoms with Gasteiger partial charge in [-0.25, -0.2) is 0 Å². The normalized spacial score (nSPS) is 25.6. The van der Waals surface area contributed by atoms with Crippen molar-refractivity contribution < 1.29 is 47.4 Å². The Morgan fingerprint density at radius 2 is 0.615 bits per heavy atom. The van der Waals surface area contributed by atoms with Gasteiger partial charge >= 0.3 is 0 Å². The van der Waals surface area contributed by atoms with Crippen LogP contribution in [0, 0.1) is 0 Å². The lowest BCUT2D eigenvalue weighted by atomic mass is 9.97. The highest BCUT2D eigenvalue weighted by Crippen LogP contribution is 2.34. The van der Waals surface area contributed by atoms with Crippen LogP contribution in [0.3, 0.4) is 0 Å². The maximum atomic E-state index is 6.90. The van der Waals surface area contributed by atoms with Crippen LogP contribution in [-0.4, -0.2) is 75.1 Å². The quantitative estimate of drug-likeness (QED) is 0.0657. The number of benzene rings is 6. The molecule has 2 fully saturated rings. The van der Waals surface area contributed by atoms with Crippen molar-refractivity contribution in [3.05, 3.63) is 215 Å². The highest BCUT2D eigenvalue weighted by atomic mass is 16.7. The standard InChI is InChI=1S/C55H60O10/c1-40-48(57-33-41-21-9-3-10-22-41)50(59-35-43-25-13-5-14-26-43)53(62-38-46-31-19-8-20-32-46)55(64-40)63-39-47-49(58-34-42-23-11-4-12-24-42)51(60-36-44-27-15-6-16-28-44)52(54(56-2)65-47)61-37-45-29-17-7-18-30-45/h3-32,40,47-55H,33-39H2,1-2H3/t40-,47+,48-,49+,50+,51-,52+,53+,54-,55?/m0/s1. The van der Waals surface area contributed by atoms with E-state index in [0.29, 0.717) is 39.6 Å². The summed E-state index contributed by atoms with van der Waals surface area (Å²) in [5.74, 6) is 0. The van der Waals surface area contributed by atoms with Crippen molar-refractivity contribution in [2.45, 2.75) is 108 Å². The van der Waals surface area contributed by atoms with Gasteiger partial charge in [-0.1, -0.05) is 182 Å². The van der Waals surface area contributed by atoms with Gasteiger partial charge in [-0.05, 0) is 40.3 Å². The lowest BCUT2D eigenvalue weighted by molar-refractivity contribution is -0.347. The zero-order valence-corrected chi connectivity index (χ0v) is 37.1. The Labute approximate surface area is 383 Å². The fraction of sp³-hybridized carbons (Fsp3) is 0.345. The SMILES string of the molecule is CO[C@H]1O[C@H](COC2O[C@@H](C)[C@H](OCc3ccccc3)[C@@H](OCc3ccccc3)[C@H]2OCc2ccccc2)[C@@H](OCc2ccccc2)[C@H](OCc2ccccc2)[C@H]1OCc1ccccc1. The van der Waals surface area contributed by atoms with E-state index in [0.717, 1.165) is 33.4 Å². The average molecular weight is 881 g/mol. The molecule has 10 atom stereocenters. The summed E-state index contributed by atoms with van der Waals surface area (Å²) in [6.07, 6.45) is -6.59. The minimum atomic E-state index is -0.888. The zero-order valence-electron chi connectivity index (χ0n) is 37.1. The molecular formula is C55H60O10. The van der Waals surface area contributed by atoms with E-state index in [-0.39, 0.29) is 6.61 Å². The van der Waals surface area contributed by atoms with Crippen LogP contribution < -0.4 is 0 Å². The van der Waals surface area contributed by atoms with Crippen LogP contribution in [0.2, 0.25) is 0 Å². The first-order valence-corrected chi connectivity index (χ1v) is 22.5. The number of ether oxygens (including phenoxy) is 10. The maximum Gasteiger partial charge on any atom is 0.186 e. The molecule has 0 bridgehead atoms. The lowest BCUT2D eigenvalue weighted by Crippen LogP contribution is -2.63. The highest BCUT2D eigenvalue weighted by molar-refractivity contribution is 5.18. The Hall–Kier alpha value is -5.08. The van der Waals surface area contributed by atoms with Crippen molar-refractivity contribution in [2.75, 3.05) is 13.7 Å². The third-order valence-corrected chi connectivity index (χ3v) is 11.7. The van der Waals surface area contributed by atoms with Gasteiger partial charge in [0.1, 0.15) is 42.7 Å². The molecule has 0 spiro atoms. The van der Waals surface area contributed by atoms with E-state index in [1.807, 2.05) is 189 Å². The molecule has 2 aliphatic rings. The summed E-state index contributed by atoms with van der Waals surface area (Å²) >= 11 is 0. The van der Waals surface area contributed by atoms with Crippen LogP contribution in [0.15, 0.2) is 182 Å². The van der Waals surface area contributed by atoms with Gasteiger partial charge in [-0.2, -0.15) is 0 Å². The summed E-state index contributed by atoms with van der Waals surface area (Å²) < 4.78 is 67.4. The number of hydrogen-bond donors (Lipinski definition) is 0. The first-order valence-electron chi connectivity index (χ1n) is 22.5. The largest absolute Gasteiger partial charge is 0.368 e. The molecule has 2 saturated heterocycles. The van der Waals surface area contributed by atoms with E-state index >= 15 is 0 Å². The third kappa shape index (κ3) is 13.3. The predicted octanol–water partition coefficient (Wildman–Crippen LogP) is 9.63. The van der Waals surface area contributed by atoms with Crippen LogP contribution in [-0.2, 0) is 87.0 Å². The Balaban J connectivity index is 1.09. The minimum Gasteiger partial charge on any atom is -0.368 e. The van der Waals surface area contributed by atoms with E-state index in [1.165, 1.54) is 0 Å². The second-order valence-corrected chi connectivity index (χ2v) is 16.4. The van der Waals surface area contributed by atoms with Crippen LogP contribution in [0.4, 0.5) is 0 Å². The van der Waals surface area contributed by atoms with Gasteiger partial charge in [0.25, 0.3) is 0 Å². The summed E-state index contributed by atoms with van der Waals surface area (Å²) in [6, 6.07) is 60.4. The molecule has 1 unspecified atom stereocenters. The summed E-state index contributed by atoms with van der Waals surface area (Å²) in [4.78, 5) is 0. The van der Waals surface area contributed by atoms with Gasteiger partial charge in [0.05, 0.1) is 52.4 Å². The van der Waals surface area contributed by atoms with Crippen LogP contribution in [0.1, 0.15) is 40.3 Å². The maximum absolute atomic E-state index is 6.90. The summed E-state index contributed by atoms with van der Waals surface area (Å²) in [6.45, 7) is 3.97. The molecule has 340 valence electrons. The van der Waals surface area contributed by atoms with E-state index < -0.39 is 61.4 Å². The van der Waals surface area contributed by atoms with E-state index in [2.05, 4.69) is 0 Å². The molecule has 0 aliphatic carbocycles. The van der Waals surface area contributed by atoms with Gasteiger partial charge in [0.15, 0.2) is 12.6 Å². The molecule has 0 saturated carbocycles. The highest BCUT2D eigenvalue weighted by Gasteiger charge is 2.51. The van der Waals surface area contributed by atoms with Crippen molar-refractivity contribution in [3.8, 4) is 0 Å². The number of methoxy groups -OCH3 is 1. The monoisotopic (exact) mass is 880 g/mol. The molecule has 10 heteroatoms. The van der Waals surface area contributed by atoms with Gasteiger partial charge in [-0.15, -0.1) is 0 Å². The number of hydrogen-bond acceptors (Lipinski definition) is 10. The van der Waals surface area contributed by atoms with Gasteiger partial charge < -0.3 is 47.4 Å². The van der Waals surface area contributed by atoms with Crippen molar-refractivity contribution >= 4 is 0 Å². The Bertz CT molecular complexity index is 2200. The van der Waals surface area contributed by atoms with Gasteiger partial charge in [0.2, 0.25) is 0 Å². The summed E-state index contributed by atoms with van der Waals surface area (Å²) in [5.41, 5.74) is 6.09.